The van der Waals surface area contributed by atoms with E-state index in [9.17, 15) is 18.5 Å². The Morgan fingerprint density at radius 2 is 2.11 bits per heavy atom. The van der Waals surface area contributed by atoms with Gasteiger partial charge >= 0.3 is 0 Å². The second-order valence-corrected chi connectivity index (χ2v) is 6.19. The number of nitro groups is 1. The lowest BCUT2D eigenvalue weighted by Crippen LogP contribution is -2.37. The van der Waals surface area contributed by atoms with Gasteiger partial charge in [0.2, 0.25) is 10.0 Å². The number of sulfonamides is 1. The Kier molecular flexibility index (Phi) is 4.86. The van der Waals surface area contributed by atoms with Crippen LogP contribution < -0.4 is 10.5 Å². The molecule has 9 heteroatoms. The van der Waals surface area contributed by atoms with Crippen LogP contribution in [0.2, 0.25) is 5.02 Å². The van der Waals surface area contributed by atoms with Crippen molar-refractivity contribution in [2.24, 2.45) is 5.73 Å². The summed E-state index contributed by atoms with van der Waals surface area (Å²) < 4.78 is 26.3. The summed E-state index contributed by atoms with van der Waals surface area (Å²) in [5.74, 6) is 0. The highest BCUT2D eigenvalue weighted by atomic mass is 35.5. The Hall–Kier alpha value is -1.22. The number of nitrogens with one attached hydrogen (secondary N) is 1. The molecule has 0 aliphatic heterocycles. The van der Waals surface area contributed by atoms with Crippen LogP contribution in [-0.2, 0) is 10.0 Å². The van der Waals surface area contributed by atoms with E-state index < -0.39 is 21.0 Å². The lowest BCUT2D eigenvalue weighted by Gasteiger charge is -2.12. The number of halogens is 1. The normalized spacial score (nSPS) is 13.3. The molecule has 1 rings (SSSR count). The number of nitro benzene ring substituents is 1. The van der Waals surface area contributed by atoms with Crippen LogP contribution in [0.4, 0.5) is 5.69 Å². The van der Waals surface area contributed by atoms with Crippen molar-refractivity contribution in [1.82, 2.24) is 4.72 Å². The Labute approximate surface area is 115 Å². The number of hydrogen-bond acceptors (Lipinski definition) is 5. The molecule has 1 atom stereocenters. The average molecular weight is 308 g/mol. The average Bonchev–Trinajstić information content (AvgIpc) is 2.31. The van der Waals surface area contributed by atoms with E-state index >= 15 is 0 Å². The van der Waals surface area contributed by atoms with Gasteiger partial charge < -0.3 is 5.73 Å². The summed E-state index contributed by atoms with van der Waals surface area (Å²) >= 11 is 5.82. The van der Waals surface area contributed by atoms with Crippen molar-refractivity contribution in [3.63, 3.8) is 0 Å². The third kappa shape index (κ3) is 3.63. The standard InChI is InChI=1S/C10H14ClN3O4S/c1-6(5-12)13-19(17,18)8-3-9(11)7(2)10(4-8)14(15)16/h3-4,6,13H,5,12H2,1-2H3/t6-/m0/s1. The summed E-state index contributed by atoms with van der Waals surface area (Å²) in [6.07, 6.45) is 0. The Morgan fingerprint density at radius 3 is 2.58 bits per heavy atom. The van der Waals surface area contributed by atoms with Gasteiger partial charge in [-0.25, -0.2) is 13.1 Å². The molecule has 1 aromatic carbocycles. The summed E-state index contributed by atoms with van der Waals surface area (Å²) in [6, 6.07) is 1.67. The zero-order valence-electron chi connectivity index (χ0n) is 10.4. The molecule has 0 fully saturated rings. The maximum atomic E-state index is 12.0. The van der Waals surface area contributed by atoms with E-state index in [0.717, 1.165) is 6.07 Å². The molecule has 1 aromatic rings. The molecule has 19 heavy (non-hydrogen) atoms. The second kappa shape index (κ2) is 5.83. The molecular formula is C10H14ClN3O4S. The van der Waals surface area contributed by atoms with Gasteiger partial charge in [0.05, 0.1) is 14.8 Å². The van der Waals surface area contributed by atoms with Crippen molar-refractivity contribution < 1.29 is 13.3 Å². The highest BCUT2D eigenvalue weighted by Gasteiger charge is 2.23. The Balaban J connectivity index is 3.32. The maximum absolute atomic E-state index is 12.0. The SMILES string of the molecule is Cc1c(Cl)cc(S(=O)(=O)N[C@@H](C)CN)cc1[N+](=O)[O-]. The molecule has 0 radical (unpaired) electrons. The van der Waals surface area contributed by atoms with Crippen LogP contribution in [0, 0.1) is 17.0 Å². The molecule has 3 N–H and O–H groups in total. The van der Waals surface area contributed by atoms with E-state index in [4.69, 9.17) is 17.3 Å². The van der Waals surface area contributed by atoms with Crippen LogP contribution in [0.15, 0.2) is 17.0 Å². The van der Waals surface area contributed by atoms with Gasteiger partial charge in [-0.1, -0.05) is 11.6 Å². The molecule has 0 heterocycles. The molecule has 0 spiro atoms. The minimum absolute atomic E-state index is 0.0231. The quantitative estimate of drug-likeness (QED) is 0.626. The van der Waals surface area contributed by atoms with Crippen molar-refractivity contribution in [2.75, 3.05) is 6.54 Å². The first-order valence-electron chi connectivity index (χ1n) is 5.36. The summed E-state index contributed by atoms with van der Waals surface area (Å²) in [5, 5.41) is 10.9. The molecule has 0 bridgehead atoms. The predicted molar refractivity (Wildman–Crippen MR) is 71.7 cm³/mol. The van der Waals surface area contributed by atoms with Crippen LogP contribution in [0.25, 0.3) is 0 Å². The first-order valence-corrected chi connectivity index (χ1v) is 7.22. The van der Waals surface area contributed by atoms with E-state index in [1.54, 1.807) is 6.92 Å². The fourth-order valence-electron chi connectivity index (χ4n) is 1.37. The molecule has 7 nitrogen and oxygen atoms in total. The lowest BCUT2D eigenvalue weighted by atomic mass is 10.2. The highest BCUT2D eigenvalue weighted by molar-refractivity contribution is 7.89. The third-order valence-corrected chi connectivity index (χ3v) is 4.47. The number of rotatable bonds is 5. The van der Waals surface area contributed by atoms with Gasteiger partial charge in [0, 0.05) is 24.2 Å². The molecule has 0 amide bonds. The summed E-state index contributed by atoms with van der Waals surface area (Å²) in [7, 11) is -3.89. The van der Waals surface area contributed by atoms with Gasteiger partial charge in [-0.2, -0.15) is 0 Å². The molecule has 0 aromatic heterocycles. The molecule has 0 aliphatic carbocycles. The van der Waals surface area contributed by atoms with Crippen molar-refractivity contribution in [3.8, 4) is 0 Å². The fraction of sp³-hybridized carbons (Fsp3) is 0.400. The predicted octanol–water partition coefficient (Wildman–Crippen LogP) is 1.18. The highest BCUT2D eigenvalue weighted by Crippen LogP contribution is 2.29. The van der Waals surface area contributed by atoms with Crippen LogP contribution >= 0.6 is 11.6 Å². The zero-order chi connectivity index (χ0) is 14.8. The number of hydrogen-bond donors (Lipinski definition) is 2. The van der Waals surface area contributed by atoms with Crippen LogP contribution in [0.1, 0.15) is 12.5 Å². The van der Waals surface area contributed by atoms with E-state index in [-0.39, 0.29) is 27.7 Å². The van der Waals surface area contributed by atoms with Gasteiger partial charge in [0.1, 0.15) is 0 Å². The number of nitrogens with two attached hydrogens (primary N) is 1. The van der Waals surface area contributed by atoms with E-state index in [2.05, 4.69) is 4.72 Å². The lowest BCUT2D eigenvalue weighted by molar-refractivity contribution is -0.385. The van der Waals surface area contributed by atoms with Gasteiger partial charge in [0.25, 0.3) is 5.69 Å². The fourth-order valence-corrected chi connectivity index (χ4v) is 2.95. The molecule has 0 saturated carbocycles. The van der Waals surface area contributed by atoms with E-state index in [1.807, 2.05) is 0 Å². The van der Waals surface area contributed by atoms with E-state index in [1.165, 1.54) is 13.0 Å². The van der Waals surface area contributed by atoms with Gasteiger partial charge in [0.15, 0.2) is 0 Å². The minimum Gasteiger partial charge on any atom is -0.329 e. The molecule has 0 saturated heterocycles. The first-order chi connectivity index (χ1) is 8.69. The molecule has 0 unspecified atom stereocenters. The number of benzene rings is 1. The van der Waals surface area contributed by atoms with Gasteiger partial charge in [-0.15, -0.1) is 0 Å². The van der Waals surface area contributed by atoms with Crippen LogP contribution in [0.5, 0.6) is 0 Å². The van der Waals surface area contributed by atoms with Crippen LogP contribution in [-0.4, -0.2) is 25.9 Å². The smallest absolute Gasteiger partial charge is 0.275 e. The Bertz CT molecular complexity index is 603. The molecular weight excluding hydrogens is 294 g/mol. The second-order valence-electron chi connectivity index (χ2n) is 4.06. The topological polar surface area (TPSA) is 115 Å². The molecule has 106 valence electrons. The van der Waals surface area contributed by atoms with Crippen molar-refractivity contribution in [3.05, 3.63) is 32.8 Å². The van der Waals surface area contributed by atoms with Gasteiger partial charge in [-0.3, -0.25) is 10.1 Å². The zero-order valence-corrected chi connectivity index (χ0v) is 12.0. The molecule has 0 aliphatic rings. The monoisotopic (exact) mass is 307 g/mol. The third-order valence-electron chi connectivity index (χ3n) is 2.51. The van der Waals surface area contributed by atoms with Gasteiger partial charge in [-0.05, 0) is 19.9 Å². The van der Waals surface area contributed by atoms with Crippen LogP contribution in [0.3, 0.4) is 0 Å². The maximum Gasteiger partial charge on any atom is 0.275 e. The summed E-state index contributed by atoms with van der Waals surface area (Å²) in [5.41, 5.74) is 5.21. The summed E-state index contributed by atoms with van der Waals surface area (Å²) in [4.78, 5) is 9.91. The van der Waals surface area contributed by atoms with Crippen molar-refractivity contribution in [1.29, 1.82) is 0 Å². The van der Waals surface area contributed by atoms with E-state index in [0.29, 0.717) is 0 Å². The van der Waals surface area contributed by atoms with Crippen molar-refractivity contribution >= 4 is 27.3 Å². The van der Waals surface area contributed by atoms with Crippen molar-refractivity contribution in [2.45, 2.75) is 24.8 Å². The number of nitrogens with zero attached hydrogens (tertiary/aromatic N) is 1. The largest absolute Gasteiger partial charge is 0.329 e. The summed E-state index contributed by atoms with van der Waals surface area (Å²) in [6.45, 7) is 3.15. The minimum atomic E-state index is -3.89. The first kappa shape index (κ1) is 15.8. The Morgan fingerprint density at radius 1 is 1.53 bits per heavy atom.